The van der Waals surface area contributed by atoms with Gasteiger partial charge in [0.05, 0.1) is 18.3 Å². The standard InChI is InChI=1S/C38H51ClN4O6/c1-5-7-28(33(46)31(44)16-22-10-11-22)40-35(47)30-20-38(19-29(42-49-38)25-8-6-9-27(39)17-25)21-43(30)36(48)34(37(2,3)4)41-32(45)18-26-15-23-12-13-24(26)14-23/h6,8-9,17,22-24,26,28,30,34H,5,7,10-16,18-21H2,1-4H3,(H,40,47)(H,41,45)/t23?,24?,26-,28+,30+,34-,38-/m1/s1. The Morgan fingerprint density at radius 1 is 1.06 bits per heavy atom. The summed E-state index contributed by atoms with van der Waals surface area (Å²) in [5.74, 6) is -0.210. The van der Waals surface area contributed by atoms with Crippen LogP contribution in [0.25, 0.3) is 0 Å². The molecule has 3 aliphatic carbocycles. The molecular weight excluding hydrogens is 644 g/mol. The van der Waals surface area contributed by atoms with Gasteiger partial charge in [-0.05, 0) is 79.7 Å². The average Bonchev–Trinajstić information content (AvgIpc) is 3.39. The molecule has 3 saturated carbocycles. The topological polar surface area (TPSA) is 134 Å². The highest BCUT2D eigenvalue weighted by molar-refractivity contribution is 6.39. The zero-order valence-corrected chi connectivity index (χ0v) is 30.0. The number of halogens is 1. The van der Waals surface area contributed by atoms with Crippen LogP contribution in [0.1, 0.15) is 110 Å². The summed E-state index contributed by atoms with van der Waals surface area (Å²) in [7, 11) is 0. The number of rotatable bonds is 13. The maximum absolute atomic E-state index is 14.6. The molecule has 2 heterocycles. The molecule has 0 aromatic heterocycles. The minimum Gasteiger partial charge on any atom is -0.387 e. The Morgan fingerprint density at radius 2 is 1.84 bits per heavy atom. The predicted octanol–water partition coefficient (Wildman–Crippen LogP) is 5.38. The van der Waals surface area contributed by atoms with E-state index in [0.717, 1.165) is 24.8 Å². The molecule has 0 radical (unpaired) electrons. The van der Waals surface area contributed by atoms with Gasteiger partial charge in [0, 0.05) is 36.3 Å². The SMILES string of the molecule is CCC[C@H](NC(=O)[C@@H]1C[C@]2(CC(c3cccc(Cl)c3)=NO2)CN1C(=O)[C@@H](NC(=O)C[C@H]1CC2CCC1C2)C(C)(C)C)C(=O)C(=O)CC1CC1. The minimum absolute atomic E-state index is 0.0688. The smallest absolute Gasteiger partial charge is 0.246 e. The van der Waals surface area contributed by atoms with Gasteiger partial charge < -0.3 is 20.4 Å². The van der Waals surface area contributed by atoms with Gasteiger partial charge in [-0.1, -0.05) is 69.4 Å². The van der Waals surface area contributed by atoms with Crippen LogP contribution in [-0.4, -0.2) is 70.2 Å². The normalized spacial score (nSPS) is 28.6. The Morgan fingerprint density at radius 3 is 2.47 bits per heavy atom. The fraction of sp³-hybridized carbons (Fsp3) is 0.684. The van der Waals surface area contributed by atoms with E-state index in [0.29, 0.717) is 54.2 Å². The van der Waals surface area contributed by atoms with Crippen molar-refractivity contribution in [2.45, 2.75) is 128 Å². The molecule has 3 amide bonds. The number of nitrogens with one attached hydrogen (secondary N) is 2. The van der Waals surface area contributed by atoms with Crippen LogP contribution in [0.4, 0.5) is 0 Å². The van der Waals surface area contributed by atoms with Crippen LogP contribution < -0.4 is 10.6 Å². The lowest BCUT2D eigenvalue weighted by Crippen LogP contribution is -2.59. The van der Waals surface area contributed by atoms with E-state index in [1.807, 2.05) is 39.8 Å². The van der Waals surface area contributed by atoms with E-state index in [1.165, 1.54) is 24.2 Å². The number of oxime groups is 1. The number of ketones is 2. The third kappa shape index (κ3) is 8.05. The number of fused-ring (bicyclic) bond motifs is 2. The van der Waals surface area contributed by atoms with Crippen LogP contribution in [0.2, 0.25) is 5.02 Å². The van der Waals surface area contributed by atoms with Crippen molar-refractivity contribution < 1.29 is 28.8 Å². The van der Waals surface area contributed by atoms with Gasteiger partial charge in [-0.25, -0.2) is 0 Å². The summed E-state index contributed by atoms with van der Waals surface area (Å²) < 4.78 is 0. The van der Waals surface area contributed by atoms with Crippen molar-refractivity contribution >= 4 is 46.6 Å². The first kappa shape index (κ1) is 35.6. The summed E-state index contributed by atoms with van der Waals surface area (Å²) in [6.45, 7) is 7.68. The zero-order chi connectivity index (χ0) is 35.1. The summed E-state index contributed by atoms with van der Waals surface area (Å²) in [5, 5.41) is 10.9. The molecule has 7 atom stereocenters. The summed E-state index contributed by atoms with van der Waals surface area (Å²) in [6, 6.07) is 4.41. The highest BCUT2D eigenvalue weighted by Gasteiger charge is 2.56. The molecule has 2 aliphatic heterocycles. The van der Waals surface area contributed by atoms with Crippen molar-refractivity contribution in [1.29, 1.82) is 0 Å². The molecule has 1 aromatic carbocycles. The third-order valence-electron chi connectivity index (χ3n) is 11.4. The molecule has 10 nitrogen and oxygen atoms in total. The van der Waals surface area contributed by atoms with Crippen LogP contribution in [0.15, 0.2) is 29.4 Å². The molecule has 4 fully saturated rings. The molecule has 1 spiro atoms. The van der Waals surface area contributed by atoms with E-state index in [9.17, 15) is 24.0 Å². The average molecular weight is 695 g/mol. The van der Waals surface area contributed by atoms with Crippen molar-refractivity contribution in [2.24, 2.45) is 34.2 Å². The zero-order valence-electron chi connectivity index (χ0n) is 29.3. The molecule has 11 heteroatoms. The molecule has 5 aliphatic rings. The van der Waals surface area contributed by atoms with Crippen LogP contribution in [0.5, 0.6) is 0 Å². The lowest BCUT2D eigenvalue weighted by atomic mass is 9.84. The van der Waals surface area contributed by atoms with Crippen LogP contribution in [-0.2, 0) is 28.8 Å². The lowest BCUT2D eigenvalue weighted by molar-refractivity contribution is -0.145. The number of benzene rings is 1. The largest absolute Gasteiger partial charge is 0.387 e. The molecular formula is C38H51ClN4O6. The third-order valence-corrected chi connectivity index (χ3v) is 11.6. The first-order chi connectivity index (χ1) is 23.2. The van der Waals surface area contributed by atoms with Gasteiger partial charge in [0.2, 0.25) is 29.3 Å². The van der Waals surface area contributed by atoms with Gasteiger partial charge in [-0.15, -0.1) is 0 Å². The van der Waals surface area contributed by atoms with Crippen molar-refractivity contribution in [3.05, 3.63) is 34.9 Å². The fourth-order valence-corrected chi connectivity index (χ4v) is 8.75. The van der Waals surface area contributed by atoms with Gasteiger partial charge >= 0.3 is 0 Å². The summed E-state index contributed by atoms with van der Waals surface area (Å²) in [6.07, 6.45) is 8.54. The maximum Gasteiger partial charge on any atom is 0.246 e. The number of amides is 3. The van der Waals surface area contributed by atoms with Crippen molar-refractivity contribution in [2.75, 3.05) is 6.54 Å². The highest BCUT2D eigenvalue weighted by Crippen LogP contribution is 2.49. The predicted molar refractivity (Wildman–Crippen MR) is 186 cm³/mol. The molecule has 2 bridgehead atoms. The number of likely N-dealkylation sites (tertiary alicyclic amines) is 1. The molecule has 49 heavy (non-hydrogen) atoms. The number of carbonyl (C=O) groups excluding carboxylic acids is 5. The summed E-state index contributed by atoms with van der Waals surface area (Å²) >= 11 is 6.26. The Hall–Kier alpha value is -3.27. The number of carbonyl (C=O) groups is 5. The van der Waals surface area contributed by atoms with E-state index < -0.39 is 46.6 Å². The first-order valence-corrected chi connectivity index (χ1v) is 18.6. The van der Waals surface area contributed by atoms with Crippen molar-refractivity contribution in [3.8, 4) is 0 Å². The van der Waals surface area contributed by atoms with Gasteiger partial charge in [-0.2, -0.15) is 0 Å². The molecule has 1 aromatic rings. The van der Waals surface area contributed by atoms with Gasteiger partial charge in [0.1, 0.15) is 12.1 Å². The molecule has 1 saturated heterocycles. The van der Waals surface area contributed by atoms with E-state index >= 15 is 0 Å². The number of hydrogen-bond donors (Lipinski definition) is 2. The minimum atomic E-state index is -1.00. The van der Waals surface area contributed by atoms with Crippen LogP contribution in [0, 0.1) is 29.1 Å². The monoisotopic (exact) mass is 694 g/mol. The van der Waals surface area contributed by atoms with Crippen LogP contribution in [0.3, 0.4) is 0 Å². The second kappa shape index (κ2) is 14.2. The summed E-state index contributed by atoms with van der Waals surface area (Å²) in [5.41, 5.74) is -0.199. The Bertz CT molecular complexity index is 1520. The Labute approximate surface area is 294 Å². The quantitative estimate of drug-likeness (QED) is 0.266. The van der Waals surface area contributed by atoms with E-state index in [4.69, 9.17) is 16.4 Å². The lowest BCUT2D eigenvalue weighted by Gasteiger charge is -2.36. The molecule has 2 N–H and O–H groups in total. The van der Waals surface area contributed by atoms with E-state index in [1.54, 1.807) is 12.1 Å². The molecule has 6 rings (SSSR count). The number of hydrogen-bond acceptors (Lipinski definition) is 7. The van der Waals surface area contributed by atoms with Gasteiger partial charge in [-0.3, -0.25) is 24.0 Å². The number of Topliss-reactive ketones (excluding diaryl/α,β-unsaturated/α-hetero) is 2. The molecule has 2 unspecified atom stereocenters. The summed E-state index contributed by atoms with van der Waals surface area (Å²) in [4.78, 5) is 75.9. The van der Waals surface area contributed by atoms with Crippen molar-refractivity contribution in [1.82, 2.24) is 15.5 Å². The van der Waals surface area contributed by atoms with Gasteiger partial charge in [0.25, 0.3) is 0 Å². The Kier molecular flexibility index (Phi) is 10.3. The maximum atomic E-state index is 14.6. The fourth-order valence-electron chi connectivity index (χ4n) is 8.56. The second-order valence-electron chi connectivity index (χ2n) is 16.5. The van der Waals surface area contributed by atoms with E-state index in [-0.39, 0.29) is 37.1 Å². The highest BCUT2D eigenvalue weighted by atomic mass is 35.5. The van der Waals surface area contributed by atoms with Crippen molar-refractivity contribution in [3.63, 3.8) is 0 Å². The van der Waals surface area contributed by atoms with Gasteiger partial charge in [0.15, 0.2) is 5.60 Å². The Balaban J connectivity index is 1.23. The first-order valence-electron chi connectivity index (χ1n) is 18.2. The number of nitrogens with zero attached hydrogens (tertiary/aromatic N) is 2. The second-order valence-corrected chi connectivity index (χ2v) is 16.9. The molecule has 266 valence electrons. The van der Waals surface area contributed by atoms with Crippen LogP contribution >= 0.6 is 11.6 Å². The van der Waals surface area contributed by atoms with E-state index in [2.05, 4.69) is 15.8 Å².